The van der Waals surface area contributed by atoms with Crippen LogP contribution in [0.3, 0.4) is 0 Å². The predicted octanol–water partition coefficient (Wildman–Crippen LogP) is -0.682. The highest BCUT2D eigenvalue weighted by molar-refractivity contribution is 5.90. The first-order valence-corrected chi connectivity index (χ1v) is 5.14. The van der Waals surface area contributed by atoms with Crippen molar-refractivity contribution in [2.24, 2.45) is 11.1 Å². The van der Waals surface area contributed by atoms with Crippen LogP contribution in [0, 0.1) is 5.41 Å². The van der Waals surface area contributed by atoms with Gasteiger partial charge in [-0.15, -0.1) is 0 Å². The van der Waals surface area contributed by atoms with Gasteiger partial charge in [0.15, 0.2) is 0 Å². The maximum Gasteiger partial charge on any atom is 0.244 e. The molecule has 2 amide bonds. The minimum Gasteiger partial charge on any atom is -0.344 e. The Kier molecular flexibility index (Phi) is 3.34. The van der Waals surface area contributed by atoms with Crippen LogP contribution in [0.1, 0.15) is 20.3 Å². The van der Waals surface area contributed by atoms with E-state index in [1.165, 1.54) is 0 Å². The molecule has 1 atom stereocenters. The topological polar surface area (TPSA) is 75.4 Å². The zero-order chi connectivity index (χ0) is 11.6. The van der Waals surface area contributed by atoms with Crippen molar-refractivity contribution in [3.8, 4) is 0 Å². The highest BCUT2D eigenvalue weighted by Gasteiger charge is 2.34. The maximum absolute atomic E-state index is 11.7. The molecule has 5 heteroatoms. The minimum atomic E-state index is -0.610. The van der Waals surface area contributed by atoms with Crippen LogP contribution in [-0.4, -0.2) is 42.9 Å². The van der Waals surface area contributed by atoms with E-state index >= 15 is 0 Å². The Morgan fingerprint density at radius 2 is 2.27 bits per heavy atom. The first-order chi connectivity index (χ1) is 6.88. The summed E-state index contributed by atoms with van der Waals surface area (Å²) in [4.78, 5) is 24.9. The van der Waals surface area contributed by atoms with Crippen molar-refractivity contribution in [2.45, 2.75) is 26.3 Å². The van der Waals surface area contributed by atoms with Crippen LogP contribution in [0.25, 0.3) is 0 Å². The van der Waals surface area contributed by atoms with E-state index in [2.05, 4.69) is 5.32 Å². The van der Waals surface area contributed by atoms with Gasteiger partial charge in [0.25, 0.3) is 0 Å². The molecule has 1 aliphatic heterocycles. The van der Waals surface area contributed by atoms with E-state index in [4.69, 9.17) is 5.73 Å². The lowest BCUT2D eigenvalue weighted by molar-refractivity contribution is -0.135. The lowest BCUT2D eigenvalue weighted by atomic mass is 9.92. The van der Waals surface area contributed by atoms with Crippen molar-refractivity contribution in [3.05, 3.63) is 0 Å². The third kappa shape index (κ3) is 2.47. The van der Waals surface area contributed by atoms with Gasteiger partial charge in [0, 0.05) is 20.1 Å². The van der Waals surface area contributed by atoms with Crippen LogP contribution in [-0.2, 0) is 9.59 Å². The second-order valence-corrected chi connectivity index (χ2v) is 4.66. The number of nitrogens with two attached hydrogens (primary N) is 1. The molecule has 0 aliphatic carbocycles. The van der Waals surface area contributed by atoms with Crippen LogP contribution < -0.4 is 11.1 Å². The maximum atomic E-state index is 11.7. The molecular weight excluding hydrogens is 194 g/mol. The molecule has 0 saturated carbocycles. The zero-order valence-corrected chi connectivity index (χ0v) is 9.54. The first-order valence-electron chi connectivity index (χ1n) is 5.14. The molecule has 0 aromatic heterocycles. The Hall–Kier alpha value is -1.10. The summed E-state index contributed by atoms with van der Waals surface area (Å²) < 4.78 is 0. The molecule has 0 bridgehead atoms. The van der Waals surface area contributed by atoms with Gasteiger partial charge in [0.1, 0.15) is 6.04 Å². The number of hydrogen-bond donors (Lipinski definition) is 2. The highest BCUT2D eigenvalue weighted by atomic mass is 16.2. The van der Waals surface area contributed by atoms with Gasteiger partial charge in [0.05, 0.1) is 5.41 Å². The van der Waals surface area contributed by atoms with E-state index in [0.717, 1.165) is 0 Å². The highest BCUT2D eigenvalue weighted by Crippen LogP contribution is 2.15. The SMILES string of the molecule is CN1CCC(NC(=O)C(C)(C)CN)C1=O. The van der Waals surface area contributed by atoms with E-state index in [-0.39, 0.29) is 24.4 Å². The molecule has 0 spiro atoms. The second kappa shape index (κ2) is 4.18. The summed E-state index contributed by atoms with van der Waals surface area (Å²) in [7, 11) is 1.74. The zero-order valence-electron chi connectivity index (χ0n) is 9.54. The summed E-state index contributed by atoms with van der Waals surface area (Å²) in [6, 6.07) is -0.367. The fourth-order valence-electron chi connectivity index (χ4n) is 1.40. The standard InChI is InChI=1S/C10H19N3O2/c1-10(2,6-11)9(15)12-7-4-5-13(3)8(7)14/h7H,4-6,11H2,1-3H3,(H,12,15). The molecule has 1 heterocycles. The molecule has 0 radical (unpaired) electrons. The first kappa shape index (κ1) is 12.0. The van der Waals surface area contributed by atoms with Gasteiger partial charge in [-0.3, -0.25) is 9.59 Å². The van der Waals surface area contributed by atoms with Gasteiger partial charge in [0.2, 0.25) is 11.8 Å². The number of likely N-dealkylation sites (tertiary alicyclic amines) is 1. The van der Waals surface area contributed by atoms with Crippen LogP contribution in [0.4, 0.5) is 0 Å². The molecule has 86 valence electrons. The summed E-state index contributed by atoms with van der Waals surface area (Å²) in [5.41, 5.74) is 4.88. The van der Waals surface area contributed by atoms with Crippen molar-refractivity contribution < 1.29 is 9.59 Å². The normalized spacial score (nSPS) is 22.0. The minimum absolute atomic E-state index is 0.0174. The van der Waals surface area contributed by atoms with Crippen molar-refractivity contribution >= 4 is 11.8 Å². The summed E-state index contributed by atoms with van der Waals surface area (Å²) in [6.07, 6.45) is 0.682. The average Bonchev–Trinajstić information content (AvgIpc) is 2.49. The quantitative estimate of drug-likeness (QED) is 0.652. The summed E-state index contributed by atoms with van der Waals surface area (Å²) in [5.74, 6) is -0.171. The molecule has 5 nitrogen and oxygen atoms in total. The Morgan fingerprint density at radius 3 is 2.67 bits per heavy atom. The van der Waals surface area contributed by atoms with Crippen molar-refractivity contribution in [1.29, 1.82) is 0 Å². The number of likely N-dealkylation sites (N-methyl/N-ethyl adjacent to an activating group) is 1. The number of hydrogen-bond acceptors (Lipinski definition) is 3. The smallest absolute Gasteiger partial charge is 0.244 e. The van der Waals surface area contributed by atoms with Crippen molar-refractivity contribution in [2.75, 3.05) is 20.1 Å². The van der Waals surface area contributed by atoms with Gasteiger partial charge in [-0.1, -0.05) is 0 Å². The van der Waals surface area contributed by atoms with E-state index < -0.39 is 5.41 Å². The van der Waals surface area contributed by atoms with E-state index in [9.17, 15) is 9.59 Å². The average molecular weight is 213 g/mol. The molecular formula is C10H19N3O2. The number of carbonyl (C=O) groups is 2. The van der Waals surface area contributed by atoms with Gasteiger partial charge in [-0.2, -0.15) is 0 Å². The van der Waals surface area contributed by atoms with E-state index in [1.54, 1.807) is 25.8 Å². The largest absolute Gasteiger partial charge is 0.344 e. The summed E-state index contributed by atoms with van der Waals surface area (Å²) in [5, 5.41) is 2.74. The van der Waals surface area contributed by atoms with Crippen molar-refractivity contribution in [1.82, 2.24) is 10.2 Å². The molecule has 1 rings (SSSR count). The number of nitrogens with one attached hydrogen (secondary N) is 1. The van der Waals surface area contributed by atoms with Gasteiger partial charge >= 0.3 is 0 Å². The molecule has 1 fully saturated rings. The number of rotatable bonds is 3. The van der Waals surface area contributed by atoms with Crippen molar-refractivity contribution in [3.63, 3.8) is 0 Å². The Balaban J connectivity index is 2.56. The Bertz CT molecular complexity index is 276. The third-order valence-electron chi connectivity index (χ3n) is 2.86. The molecule has 0 aromatic carbocycles. The molecule has 0 aromatic rings. The van der Waals surface area contributed by atoms with E-state index in [1.807, 2.05) is 0 Å². The monoisotopic (exact) mass is 213 g/mol. The Morgan fingerprint density at radius 1 is 1.67 bits per heavy atom. The second-order valence-electron chi connectivity index (χ2n) is 4.66. The molecule has 15 heavy (non-hydrogen) atoms. The fraction of sp³-hybridized carbons (Fsp3) is 0.800. The number of amides is 2. The molecule has 1 unspecified atom stereocenters. The predicted molar refractivity (Wildman–Crippen MR) is 57.0 cm³/mol. The lowest BCUT2D eigenvalue weighted by Crippen LogP contribution is -2.48. The van der Waals surface area contributed by atoms with Crippen LogP contribution in [0.15, 0.2) is 0 Å². The van der Waals surface area contributed by atoms with Crippen LogP contribution in [0.2, 0.25) is 0 Å². The molecule has 1 saturated heterocycles. The third-order valence-corrected chi connectivity index (χ3v) is 2.86. The van der Waals surface area contributed by atoms with Gasteiger partial charge in [-0.25, -0.2) is 0 Å². The van der Waals surface area contributed by atoms with Gasteiger partial charge in [-0.05, 0) is 20.3 Å². The van der Waals surface area contributed by atoms with Gasteiger partial charge < -0.3 is 16.0 Å². The molecule has 1 aliphatic rings. The summed E-state index contributed by atoms with van der Waals surface area (Å²) >= 11 is 0. The number of carbonyl (C=O) groups excluding carboxylic acids is 2. The lowest BCUT2D eigenvalue weighted by Gasteiger charge is -2.23. The van der Waals surface area contributed by atoms with Crippen LogP contribution >= 0.6 is 0 Å². The summed E-state index contributed by atoms with van der Waals surface area (Å²) in [6.45, 7) is 4.51. The fourth-order valence-corrected chi connectivity index (χ4v) is 1.40. The molecule has 3 N–H and O–H groups in total. The van der Waals surface area contributed by atoms with E-state index in [0.29, 0.717) is 13.0 Å². The van der Waals surface area contributed by atoms with Crippen LogP contribution in [0.5, 0.6) is 0 Å². The Labute approximate surface area is 90.0 Å². The number of nitrogens with zero attached hydrogens (tertiary/aromatic N) is 1.